The van der Waals surface area contributed by atoms with E-state index in [1.54, 1.807) is 24.3 Å². The molecule has 5 nitrogen and oxygen atoms in total. The summed E-state index contributed by atoms with van der Waals surface area (Å²) < 4.78 is 4.97. The highest BCUT2D eigenvalue weighted by Gasteiger charge is 2.23. The lowest BCUT2D eigenvalue weighted by Gasteiger charge is -2.20. The number of carbonyl (C=O) groups excluding carboxylic acids is 1. The average Bonchev–Trinajstić information content (AvgIpc) is 2.29. The third-order valence-corrected chi connectivity index (χ3v) is 2.24. The molecule has 0 heterocycles. The number of benzene rings is 1. The van der Waals surface area contributed by atoms with Crippen LogP contribution in [0.25, 0.3) is 0 Å². The molecule has 0 aliphatic rings. The van der Waals surface area contributed by atoms with Gasteiger partial charge in [0.1, 0.15) is 5.75 Å². The van der Waals surface area contributed by atoms with Crippen molar-refractivity contribution < 1.29 is 19.4 Å². The number of likely N-dealkylation sites (N-methyl/N-ethyl adjacent to an activating group) is 1. The number of methoxy groups -OCH3 is 1. The SMILES string of the molecule is COc1ccc(C(C(=O)O)N(C)C=O)cc1. The summed E-state index contributed by atoms with van der Waals surface area (Å²) in [4.78, 5) is 22.7. The van der Waals surface area contributed by atoms with Crippen molar-refractivity contribution in [3.8, 4) is 5.75 Å². The minimum absolute atomic E-state index is 0.489. The molecular weight excluding hydrogens is 210 g/mol. The summed E-state index contributed by atoms with van der Waals surface area (Å²) in [6.07, 6.45) is 0.489. The van der Waals surface area contributed by atoms with Gasteiger partial charge in [0.05, 0.1) is 7.11 Å². The molecule has 0 aromatic heterocycles. The predicted molar refractivity (Wildman–Crippen MR) is 57.2 cm³/mol. The van der Waals surface area contributed by atoms with Gasteiger partial charge in [-0.25, -0.2) is 4.79 Å². The number of nitrogens with zero attached hydrogens (tertiary/aromatic N) is 1. The molecule has 0 radical (unpaired) electrons. The lowest BCUT2D eigenvalue weighted by atomic mass is 10.1. The van der Waals surface area contributed by atoms with E-state index in [4.69, 9.17) is 9.84 Å². The van der Waals surface area contributed by atoms with Crippen LogP contribution in [-0.4, -0.2) is 36.5 Å². The van der Waals surface area contributed by atoms with Crippen molar-refractivity contribution in [1.29, 1.82) is 0 Å². The van der Waals surface area contributed by atoms with Crippen LogP contribution >= 0.6 is 0 Å². The van der Waals surface area contributed by atoms with Gasteiger partial charge in [-0.1, -0.05) is 12.1 Å². The Morgan fingerprint density at radius 2 is 2.00 bits per heavy atom. The molecule has 16 heavy (non-hydrogen) atoms. The zero-order chi connectivity index (χ0) is 12.1. The van der Waals surface area contributed by atoms with Crippen molar-refractivity contribution in [1.82, 2.24) is 4.90 Å². The van der Waals surface area contributed by atoms with Crippen molar-refractivity contribution >= 4 is 12.4 Å². The molecule has 1 rings (SSSR count). The van der Waals surface area contributed by atoms with Gasteiger partial charge in [-0.2, -0.15) is 0 Å². The molecular formula is C11H13NO4. The standard InChI is InChI=1S/C11H13NO4/c1-12(7-13)10(11(14)15)8-3-5-9(16-2)6-4-8/h3-7,10H,1-2H3,(H,14,15). The molecule has 0 spiro atoms. The second-order valence-electron chi connectivity index (χ2n) is 3.28. The lowest BCUT2D eigenvalue weighted by Crippen LogP contribution is -2.29. The quantitative estimate of drug-likeness (QED) is 0.753. The van der Waals surface area contributed by atoms with Crippen molar-refractivity contribution in [3.05, 3.63) is 29.8 Å². The largest absolute Gasteiger partial charge is 0.497 e. The summed E-state index contributed by atoms with van der Waals surface area (Å²) >= 11 is 0. The van der Waals surface area contributed by atoms with Gasteiger partial charge in [0.15, 0.2) is 6.04 Å². The first kappa shape index (κ1) is 12.0. The number of amides is 1. The van der Waals surface area contributed by atoms with E-state index < -0.39 is 12.0 Å². The fraction of sp³-hybridized carbons (Fsp3) is 0.273. The maximum atomic E-state index is 11.0. The van der Waals surface area contributed by atoms with Gasteiger partial charge < -0.3 is 14.7 Å². The molecule has 5 heteroatoms. The zero-order valence-electron chi connectivity index (χ0n) is 9.08. The molecule has 0 saturated carbocycles. The maximum Gasteiger partial charge on any atom is 0.331 e. The fourth-order valence-corrected chi connectivity index (χ4v) is 1.40. The molecule has 86 valence electrons. The molecule has 0 saturated heterocycles. The highest BCUT2D eigenvalue weighted by molar-refractivity contribution is 5.78. The Kier molecular flexibility index (Phi) is 3.88. The molecule has 1 atom stereocenters. The van der Waals surface area contributed by atoms with Gasteiger partial charge in [0.25, 0.3) is 0 Å². The molecule has 0 fully saturated rings. The summed E-state index contributed by atoms with van der Waals surface area (Å²) in [5.41, 5.74) is 0.530. The minimum atomic E-state index is -1.07. The van der Waals surface area contributed by atoms with Crippen LogP contribution in [0.4, 0.5) is 0 Å². The third kappa shape index (κ3) is 2.50. The Morgan fingerprint density at radius 1 is 1.44 bits per heavy atom. The highest BCUT2D eigenvalue weighted by Crippen LogP contribution is 2.21. The Morgan fingerprint density at radius 3 is 2.38 bits per heavy atom. The predicted octanol–water partition coefficient (Wildman–Crippen LogP) is 0.909. The number of hydrogen-bond donors (Lipinski definition) is 1. The van der Waals surface area contributed by atoms with Crippen molar-refractivity contribution in [2.75, 3.05) is 14.2 Å². The van der Waals surface area contributed by atoms with Gasteiger partial charge in [0.2, 0.25) is 6.41 Å². The highest BCUT2D eigenvalue weighted by atomic mass is 16.5. The monoisotopic (exact) mass is 223 g/mol. The van der Waals surface area contributed by atoms with Gasteiger partial charge in [-0.3, -0.25) is 4.79 Å². The smallest absolute Gasteiger partial charge is 0.331 e. The zero-order valence-corrected chi connectivity index (χ0v) is 9.08. The lowest BCUT2D eigenvalue weighted by molar-refractivity contribution is -0.145. The van der Waals surface area contributed by atoms with Crippen LogP contribution in [0.15, 0.2) is 24.3 Å². The van der Waals surface area contributed by atoms with Gasteiger partial charge in [0, 0.05) is 7.05 Å². The van der Waals surface area contributed by atoms with Gasteiger partial charge in [-0.15, -0.1) is 0 Å². The van der Waals surface area contributed by atoms with E-state index in [0.29, 0.717) is 17.7 Å². The van der Waals surface area contributed by atoms with Gasteiger partial charge in [-0.05, 0) is 17.7 Å². The number of rotatable bonds is 5. The van der Waals surface area contributed by atoms with Crippen LogP contribution in [0.1, 0.15) is 11.6 Å². The van der Waals surface area contributed by atoms with Crippen LogP contribution in [0, 0.1) is 0 Å². The second kappa shape index (κ2) is 5.16. The first-order chi connectivity index (χ1) is 7.60. The summed E-state index contributed by atoms with van der Waals surface area (Å²) in [5.74, 6) is -0.429. The first-order valence-corrected chi connectivity index (χ1v) is 4.64. The average molecular weight is 223 g/mol. The number of carboxylic acid groups (broad SMARTS) is 1. The number of ether oxygens (including phenoxy) is 1. The van der Waals surface area contributed by atoms with E-state index in [1.807, 2.05) is 0 Å². The van der Waals surface area contributed by atoms with Crippen molar-refractivity contribution in [2.24, 2.45) is 0 Å². The Labute approximate surface area is 93.2 Å². The Bertz CT molecular complexity index is 374. The van der Waals surface area contributed by atoms with Crippen LogP contribution in [0.2, 0.25) is 0 Å². The van der Waals surface area contributed by atoms with E-state index in [2.05, 4.69) is 0 Å². The molecule has 1 aromatic carbocycles. The number of carbonyl (C=O) groups is 2. The van der Waals surface area contributed by atoms with Crippen molar-refractivity contribution in [3.63, 3.8) is 0 Å². The van der Waals surface area contributed by atoms with Crippen LogP contribution in [0.5, 0.6) is 5.75 Å². The molecule has 1 unspecified atom stereocenters. The summed E-state index contributed by atoms with van der Waals surface area (Å²) in [5, 5.41) is 9.02. The summed E-state index contributed by atoms with van der Waals surface area (Å²) in [7, 11) is 2.96. The molecule has 0 aliphatic carbocycles. The first-order valence-electron chi connectivity index (χ1n) is 4.64. The van der Waals surface area contributed by atoms with Crippen LogP contribution in [0.3, 0.4) is 0 Å². The molecule has 1 amide bonds. The van der Waals surface area contributed by atoms with E-state index in [0.717, 1.165) is 4.90 Å². The molecule has 0 aliphatic heterocycles. The fourth-order valence-electron chi connectivity index (χ4n) is 1.40. The number of carboxylic acids is 1. The summed E-state index contributed by atoms with van der Waals surface area (Å²) in [6.45, 7) is 0. The van der Waals surface area contributed by atoms with Crippen molar-refractivity contribution in [2.45, 2.75) is 6.04 Å². The minimum Gasteiger partial charge on any atom is -0.497 e. The van der Waals surface area contributed by atoms with Crippen LogP contribution in [-0.2, 0) is 9.59 Å². The van der Waals surface area contributed by atoms with E-state index in [1.165, 1.54) is 14.2 Å². The number of aliphatic carboxylic acids is 1. The Hall–Kier alpha value is -2.04. The van der Waals surface area contributed by atoms with E-state index in [9.17, 15) is 9.59 Å². The topological polar surface area (TPSA) is 66.8 Å². The third-order valence-electron chi connectivity index (χ3n) is 2.24. The van der Waals surface area contributed by atoms with E-state index >= 15 is 0 Å². The summed E-state index contributed by atoms with van der Waals surface area (Å²) in [6, 6.07) is 5.59. The number of hydrogen-bond acceptors (Lipinski definition) is 3. The normalized spacial score (nSPS) is 11.6. The second-order valence-corrected chi connectivity index (χ2v) is 3.28. The molecule has 0 bridgehead atoms. The molecule has 1 N–H and O–H groups in total. The van der Waals surface area contributed by atoms with Crippen LogP contribution < -0.4 is 4.74 Å². The van der Waals surface area contributed by atoms with Gasteiger partial charge >= 0.3 is 5.97 Å². The van der Waals surface area contributed by atoms with E-state index in [-0.39, 0.29) is 0 Å². The molecule has 1 aromatic rings. The Balaban J connectivity index is 3.01. The maximum absolute atomic E-state index is 11.0.